The first kappa shape index (κ1) is 22.6. The molecule has 1 saturated carbocycles. The van der Waals surface area contributed by atoms with Gasteiger partial charge in [0.2, 0.25) is 0 Å². The zero-order valence-electron chi connectivity index (χ0n) is 18.3. The number of hydrogen-bond donors (Lipinski definition) is 3. The first-order chi connectivity index (χ1) is 14.9. The zero-order chi connectivity index (χ0) is 22.4. The van der Waals surface area contributed by atoms with Gasteiger partial charge in [-0.05, 0) is 75.1 Å². The van der Waals surface area contributed by atoms with Gasteiger partial charge in [-0.3, -0.25) is 4.79 Å². The van der Waals surface area contributed by atoms with E-state index in [1.54, 1.807) is 31.2 Å². The van der Waals surface area contributed by atoms with Gasteiger partial charge in [0.15, 0.2) is 0 Å². The predicted octanol–water partition coefficient (Wildman–Crippen LogP) is 4.34. The Bertz CT molecular complexity index is 928. The monoisotopic (exact) mass is 426 g/mol. The smallest absolute Gasteiger partial charge is 0.397 e. The maximum Gasteiger partial charge on any atom is 0.397 e. The van der Waals surface area contributed by atoms with Crippen LogP contribution in [0.4, 0.5) is 5.69 Å². The van der Waals surface area contributed by atoms with Gasteiger partial charge in [0.05, 0.1) is 6.61 Å². The van der Waals surface area contributed by atoms with Crippen molar-refractivity contribution in [2.45, 2.75) is 59.0 Å². The molecule has 0 aromatic heterocycles. The third kappa shape index (κ3) is 5.98. The number of hydrogen-bond acceptors (Lipinski definition) is 6. The number of esters is 1. The van der Waals surface area contributed by atoms with E-state index in [1.807, 2.05) is 19.9 Å². The summed E-state index contributed by atoms with van der Waals surface area (Å²) < 4.78 is 10.8. The SMILES string of the molecule is CCOC(=O)C(=O)Nc1cc(C)c(Oc2ccc(O)c(CNC3CCCC3)c2)c(C)c1. The fourth-order valence-electron chi connectivity index (χ4n) is 3.83. The van der Waals surface area contributed by atoms with Crippen molar-refractivity contribution in [3.8, 4) is 17.2 Å². The number of nitrogens with one attached hydrogen (secondary N) is 2. The highest BCUT2D eigenvalue weighted by atomic mass is 16.5. The Morgan fingerprint density at radius 1 is 1.10 bits per heavy atom. The number of anilines is 1. The summed E-state index contributed by atoms with van der Waals surface area (Å²) in [7, 11) is 0. The lowest BCUT2D eigenvalue weighted by molar-refractivity contribution is -0.152. The Morgan fingerprint density at radius 3 is 2.42 bits per heavy atom. The van der Waals surface area contributed by atoms with Crippen molar-refractivity contribution in [3.05, 3.63) is 47.0 Å². The second-order valence-corrected chi connectivity index (χ2v) is 7.87. The number of phenols is 1. The van der Waals surface area contributed by atoms with Crippen LogP contribution < -0.4 is 15.4 Å². The standard InChI is InChI=1S/C24H30N2O5/c1-4-30-24(29)23(28)26-19-11-15(2)22(16(3)12-19)31-20-9-10-21(27)17(13-20)14-25-18-7-5-6-8-18/h9-13,18,25,27H,4-8,14H2,1-3H3,(H,26,28). The number of amides is 1. The Balaban J connectivity index is 1.71. The molecule has 3 rings (SSSR count). The minimum absolute atomic E-state index is 0.141. The summed E-state index contributed by atoms with van der Waals surface area (Å²) in [6, 6.07) is 9.19. The lowest BCUT2D eigenvalue weighted by atomic mass is 10.1. The summed E-state index contributed by atoms with van der Waals surface area (Å²) in [4.78, 5) is 23.4. The van der Waals surface area contributed by atoms with E-state index in [-0.39, 0.29) is 12.4 Å². The largest absolute Gasteiger partial charge is 0.508 e. The summed E-state index contributed by atoms with van der Waals surface area (Å²) in [5, 5.41) is 16.3. The van der Waals surface area contributed by atoms with E-state index in [4.69, 9.17) is 9.47 Å². The lowest BCUT2D eigenvalue weighted by Crippen LogP contribution is -2.25. The molecule has 0 bridgehead atoms. The van der Waals surface area contributed by atoms with Gasteiger partial charge in [0.1, 0.15) is 17.2 Å². The van der Waals surface area contributed by atoms with E-state index < -0.39 is 11.9 Å². The van der Waals surface area contributed by atoms with Crippen LogP contribution in [0.25, 0.3) is 0 Å². The first-order valence-corrected chi connectivity index (χ1v) is 10.7. The van der Waals surface area contributed by atoms with E-state index in [9.17, 15) is 14.7 Å². The fourth-order valence-corrected chi connectivity index (χ4v) is 3.83. The molecule has 1 fully saturated rings. The topological polar surface area (TPSA) is 96.9 Å². The van der Waals surface area contributed by atoms with Crippen LogP contribution >= 0.6 is 0 Å². The molecule has 1 aliphatic carbocycles. The van der Waals surface area contributed by atoms with Crippen LogP contribution in [0.1, 0.15) is 49.3 Å². The first-order valence-electron chi connectivity index (χ1n) is 10.7. The average Bonchev–Trinajstić information content (AvgIpc) is 3.24. The molecule has 0 atom stereocenters. The molecule has 7 heteroatoms. The molecular weight excluding hydrogens is 396 g/mol. The maximum atomic E-state index is 11.9. The molecule has 0 heterocycles. The van der Waals surface area contributed by atoms with E-state index in [0.717, 1.165) is 16.7 Å². The molecule has 7 nitrogen and oxygen atoms in total. The quantitative estimate of drug-likeness (QED) is 0.450. The van der Waals surface area contributed by atoms with Crippen LogP contribution in [0.2, 0.25) is 0 Å². The van der Waals surface area contributed by atoms with Crippen LogP contribution in [0.15, 0.2) is 30.3 Å². The van der Waals surface area contributed by atoms with Crippen molar-refractivity contribution < 1.29 is 24.2 Å². The summed E-state index contributed by atoms with van der Waals surface area (Å²) in [6.07, 6.45) is 4.85. The second kappa shape index (κ2) is 10.3. The summed E-state index contributed by atoms with van der Waals surface area (Å²) in [5.41, 5.74) is 2.89. The Morgan fingerprint density at radius 2 is 1.77 bits per heavy atom. The van der Waals surface area contributed by atoms with Gasteiger partial charge in [-0.2, -0.15) is 0 Å². The number of aryl methyl sites for hydroxylation is 2. The number of ether oxygens (including phenoxy) is 2. The Hall–Kier alpha value is -3.06. The van der Waals surface area contributed by atoms with Gasteiger partial charge < -0.3 is 25.2 Å². The number of rotatable bonds is 7. The number of phenolic OH excluding ortho intramolecular Hbond substituents is 1. The molecule has 2 aromatic carbocycles. The Labute approximate surface area is 182 Å². The van der Waals surface area contributed by atoms with E-state index >= 15 is 0 Å². The lowest BCUT2D eigenvalue weighted by Gasteiger charge is -2.16. The van der Waals surface area contributed by atoms with Crippen LogP contribution in [0, 0.1) is 13.8 Å². The van der Waals surface area contributed by atoms with Gasteiger partial charge in [-0.15, -0.1) is 0 Å². The summed E-state index contributed by atoms with van der Waals surface area (Å²) >= 11 is 0. The Kier molecular flexibility index (Phi) is 7.52. The molecule has 0 unspecified atom stereocenters. The van der Waals surface area contributed by atoms with Crippen molar-refractivity contribution in [2.24, 2.45) is 0 Å². The maximum absolute atomic E-state index is 11.9. The van der Waals surface area contributed by atoms with Crippen LogP contribution in [0.5, 0.6) is 17.2 Å². The highest BCUT2D eigenvalue weighted by Crippen LogP contribution is 2.33. The molecule has 166 valence electrons. The summed E-state index contributed by atoms with van der Waals surface area (Å²) in [6.45, 7) is 6.11. The minimum atomic E-state index is -0.916. The molecule has 1 amide bonds. The highest BCUT2D eigenvalue weighted by Gasteiger charge is 2.17. The number of carbonyl (C=O) groups is 2. The average molecular weight is 427 g/mol. The van der Waals surface area contributed by atoms with Crippen molar-refractivity contribution >= 4 is 17.6 Å². The zero-order valence-corrected chi connectivity index (χ0v) is 18.3. The molecule has 31 heavy (non-hydrogen) atoms. The predicted molar refractivity (Wildman–Crippen MR) is 118 cm³/mol. The third-order valence-corrected chi connectivity index (χ3v) is 5.39. The number of benzene rings is 2. The third-order valence-electron chi connectivity index (χ3n) is 5.39. The molecule has 1 aliphatic rings. The molecule has 0 spiro atoms. The van der Waals surface area contributed by atoms with Gasteiger partial charge in [-0.1, -0.05) is 12.8 Å². The van der Waals surface area contributed by atoms with Gasteiger partial charge in [0, 0.05) is 23.8 Å². The molecule has 0 radical (unpaired) electrons. The van der Waals surface area contributed by atoms with Crippen molar-refractivity contribution in [2.75, 3.05) is 11.9 Å². The summed E-state index contributed by atoms with van der Waals surface area (Å²) in [5.74, 6) is -0.207. The molecule has 3 N–H and O–H groups in total. The minimum Gasteiger partial charge on any atom is -0.508 e. The van der Waals surface area contributed by atoms with Gasteiger partial charge in [0.25, 0.3) is 0 Å². The molecule has 0 saturated heterocycles. The molecule has 2 aromatic rings. The van der Waals surface area contributed by atoms with E-state index in [2.05, 4.69) is 10.6 Å². The molecule has 0 aliphatic heterocycles. The highest BCUT2D eigenvalue weighted by molar-refractivity contribution is 6.37. The van der Waals surface area contributed by atoms with Crippen LogP contribution in [0.3, 0.4) is 0 Å². The number of aromatic hydroxyl groups is 1. The normalized spacial score (nSPS) is 13.8. The van der Waals surface area contributed by atoms with Crippen molar-refractivity contribution in [1.82, 2.24) is 5.32 Å². The van der Waals surface area contributed by atoms with E-state index in [1.165, 1.54) is 25.7 Å². The fraction of sp³-hybridized carbons (Fsp3) is 0.417. The van der Waals surface area contributed by atoms with Gasteiger partial charge >= 0.3 is 11.9 Å². The van der Waals surface area contributed by atoms with E-state index in [0.29, 0.717) is 29.8 Å². The van der Waals surface area contributed by atoms with Gasteiger partial charge in [-0.25, -0.2) is 4.79 Å². The van der Waals surface area contributed by atoms with Crippen LogP contribution in [-0.4, -0.2) is 29.6 Å². The van der Waals surface area contributed by atoms with Crippen molar-refractivity contribution in [1.29, 1.82) is 0 Å². The number of carbonyl (C=O) groups excluding carboxylic acids is 2. The van der Waals surface area contributed by atoms with Crippen LogP contribution in [-0.2, 0) is 20.9 Å². The van der Waals surface area contributed by atoms with Crippen molar-refractivity contribution in [3.63, 3.8) is 0 Å². The second-order valence-electron chi connectivity index (χ2n) is 7.87. The molecular formula is C24H30N2O5.